The summed E-state index contributed by atoms with van der Waals surface area (Å²) >= 11 is 3.22. The molecule has 5 rings (SSSR count). The normalized spacial score (nSPS) is 14.1. The number of hydrogen-bond acceptors (Lipinski definition) is 5. The Labute approximate surface area is 190 Å². The van der Waals surface area contributed by atoms with E-state index < -0.39 is 0 Å². The van der Waals surface area contributed by atoms with Crippen molar-refractivity contribution in [2.24, 2.45) is 0 Å². The zero-order chi connectivity index (χ0) is 21.0. The Morgan fingerprint density at radius 1 is 1.06 bits per heavy atom. The Bertz CT molecular complexity index is 1170. The first-order valence-corrected chi connectivity index (χ1v) is 12.3. The topological polar surface area (TPSA) is 54.9 Å². The maximum Gasteiger partial charge on any atom is 0.226 e. The molecule has 0 radical (unpaired) electrons. The number of amides is 1. The summed E-state index contributed by atoms with van der Waals surface area (Å²) in [5.41, 5.74) is 5.81. The Morgan fingerprint density at radius 3 is 2.77 bits per heavy atom. The second-order valence-electron chi connectivity index (χ2n) is 7.81. The Morgan fingerprint density at radius 2 is 1.97 bits per heavy atom. The second-order valence-corrected chi connectivity index (χ2v) is 9.65. The number of hydrogen-bond donors (Lipinski definition) is 1. The van der Waals surface area contributed by atoms with E-state index >= 15 is 0 Å². The van der Waals surface area contributed by atoms with Gasteiger partial charge in [0.2, 0.25) is 5.91 Å². The van der Waals surface area contributed by atoms with Gasteiger partial charge in [-0.05, 0) is 66.0 Å². The van der Waals surface area contributed by atoms with E-state index in [0.717, 1.165) is 39.5 Å². The van der Waals surface area contributed by atoms with Gasteiger partial charge in [0, 0.05) is 28.2 Å². The maximum absolute atomic E-state index is 13.0. The molecular weight excluding hydrogens is 422 g/mol. The molecule has 1 amide bonds. The summed E-state index contributed by atoms with van der Waals surface area (Å²) in [5, 5.41) is 8.18. The number of aryl methyl sites for hydroxylation is 2. The molecule has 6 heteroatoms. The number of fused-ring (bicyclic) bond motifs is 1. The predicted octanol–water partition coefficient (Wildman–Crippen LogP) is 5.59. The van der Waals surface area contributed by atoms with E-state index in [1.807, 2.05) is 23.6 Å². The number of nitrogens with zero attached hydrogens (tertiary/aromatic N) is 2. The minimum absolute atomic E-state index is 0.0147. The first-order chi connectivity index (χ1) is 15.3. The fourth-order valence-corrected chi connectivity index (χ4v) is 5.71. The number of benzene rings is 1. The van der Waals surface area contributed by atoms with Crippen LogP contribution >= 0.6 is 22.7 Å². The Hall–Kier alpha value is -2.83. The summed E-state index contributed by atoms with van der Waals surface area (Å²) in [6, 6.07) is 14.6. The van der Waals surface area contributed by atoms with Crippen LogP contribution in [0, 0.1) is 0 Å². The van der Waals surface area contributed by atoms with Crippen LogP contribution in [0.25, 0.3) is 10.6 Å². The van der Waals surface area contributed by atoms with Crippen molar-refractivity contribution in [2.75, 3.05) is 0 Å². The van der Waals surface area contributed by atoms with E-state index in [1.165, 1.54) is 24.0 Å². The zero-order valence-electron chi connectivity index (χ0n) is 17.1. The van der Waals surface area contributed by atoms with Crippen LogP contribution in [0.4, 0.5) is 0 Å². The van der Waals surface area contributed by atoms with Gasteiger partial charge in [-0.2, -0.15) is 0 Å². The van der Waals surface area contributed by atoms with E-state index in [9.17, 15) is 4.79 Å². The molecule has 0 saturated heterocycles. The van der Waals surface area contributed by atoms with Crippen molar-refractivity contribution < 1.29 is 4.79 Å². The van der Waals surface area contributed by atoms with Gasteiger partial charge in [0.05, 0.1) is 18.2 Å². The molecule has 0 saturated carbocycles. The SMILES string of the molecule is O=C(Cc1csc(-c2cccnc2)n1)NC(c1ccc2c(c1)CCCC2)c1cccs1. The van der Waals surface area contributed by atoms with E-state index in [0.29, 0.717) is 0 Å². The number of pyridine rings is 1. The summed E-state index contributed by atoms with van der Waals surface area (Å²) in [5.74, 6) is -0.0147. The molecule has 1 aliphatic carbocycles. The molecule has 4 nitrogen and oxygen atoms in total. The van der Waals surface area contributed by atoms with Crippen molar-refractivity contribution in [2.45, 2.75) is 38.1 Å². The largest absolute Gasteiger partial charge is 0.344 e. The molecule has 4 aromatic rings. The summed E-state index contributed by atoms with van der Waals surface area (Å²) in [6.45, 7) is 0. The zero-order valence-corrected chi connectivity index (χ0v) is 18.7. The van der Waals surface area contributed by atoms with E-state index in [4.69, 9.17) is 0 Å². The van der Waals surface area contributed by atoms with Crippen LogP contribution in [0.15, 0.2) is 65.6 Å². The minimum atomic E-state index is -0.129. The number of aromatic nitrogens is 2. The van der Waals surface area contributed by atoms with Crippen LogP contribution in [0.2, 0.25) is 0 Å². The third kappa shape index (κ3) is 4.60. The lowest BCUT2D eigenvalue weighted by atomic mass is 9.89. The molecule has 1 aliphatic rings. The lowest BCUT2D eigenvalue weighted by Gasteiger charge is -2.22. The average molecular weight is 446 g/mol. The van der Waals surface area contributed by atoms with Crippen molar-refractivity contribution >= 4 is 28.6 Å². The van der Waals surface area contributed by atoms with Crippen LogP contribution in [0.3, 0.4) is 0 Å². The number of nitrogens with one attached hydrogen (secondary N) is 1. The molecule has 0 spiro atoms. The number of carbonyl (C=O) groups excluding carboxylic acids is 1. The van der Waals surface area contributed by atoms with Crippen LogP contribution < -0.4 is 5.32 Å². The molecule has 0 fully saturated rings. The minimum Gasteiger partial charge on any atom is -0.344 e. The smallest absolute Gasteiger partial charge is 0.226 e. The van der Waals surface area contributed by atoms with Crippen molar-refractivity contribution in [3.63, 3.8) is 0 Å². The van der Waals surface area contributed by atoms with Crippen molar-refractivity contribution in [3.8, 4) is 10.6 Å². The highest BCUT2D eigenvalue weighted by atomic mass is 32.1. The number of carbonyl (C=O) groups is 1. The molecule has 0 aliphatic heterocycles. The van der Waals surface area contributed by atoms with E-state index in [1.54, 1.807) is 35.1 Å². The predicted molar refractivity (Wildman–Crippen MR) is 126 cm³/mol. The van der Waals surface area contributed by atoms with Gasteiger partial charge >= 0.3 is 0 Å². The third-order valence-corrected chi connectivity index (χ3v) is 7.52. The van der Waals surface area contributed by atoms with E-state index in [-0.39, 0.29) is 18.4 Å². The molecule has 1 aromatic carbocycles. The Balaban J connectivity index is 1.34. The first kappa shape index (κ1) is 20.1. The molecule has 3 heterocycles. The fraction of sp³-hybridized carbons (Fsp3) is 0.240. The highest BCUT2D eigenvalue weighted by Crippen LogP contribution is 2.30. The molecule has 1 atom stereocenters. The lowest BCUT2D eigenvalue weighted by molar-refractivity contribution is -0.121. The van der Waals surface area contributed by atoms with Crippen LogP contribution in [-0.2, 0) is 24.1 Å². The summed E-state index contributed by atoms with van der Waals surface area (Å²) in [7, 11) is 0. The highest BCUT2D eigenvalue weighted by molar-refractivity contribution is 7.13. The molecular formula is C25H23N3OS2. The van der Waals surface area contributed by atoms with Gasteiger partial charge in [-0.3, -0.25) is 9.78 Å². The third-order valence-electron chi connectivity index (χ3n) is 5.64. The van der Waals surface area contributed by atoms with Gasteiger partial charge < -0.3 is 5.32 Å². The second kappa shape index (κ2) is 9.12. The van der Waals surface area contributed by atoms with Crippen molar-refractivity contribution in [1.29, 1.82) is 0 Å². The van der Waals surface area contributed by atoms with Gasteiger partial charge in [0.25, 0.3) is 0 Å². The van der Waals surface area contributed by atoms with E-state index in [2.05, 4.69) is 44.9 Å². The van der Waals surface area contributed by atoms with Crippen LogP contribution in [0.1, 0.15) is 46.1 Å². The van der Waals surface area contributed by atoms with Crippen molar-refractivity contribution in [3.05, 3.63) is 92.9 Å². The van der Waals surface area contributed by atoms with Crippen LogP contribution in [0.5, 0.6) is 0 Å². The van der Waals surface area contributed by atoms with Gasteiger partial charge in [-0.1, -0.05) is 24.3 Å². The summed E-state index contributed by atoms with van der Waals surface area (Å²) in [6.07, 6.45) is 8.62. The summed E-state index contributed by atoms with van der Waals surface area (Å²) < 4.78 is 0. The molecule has 156 valence electrons. The van der Waals surface area contributed by atoms with Gasteiger partial charge in [-0.15, -0.1) is 22.7 Å². The first-order valence-electron chi connectivity index (χ1n) is 10.6. The number of rotatable bonds is 6. The molecule has 3 aromatic heterocycles. The van der Waals surface area contributed by atoms with Gasteiger partial charge in [0.15, 0.2) is 0 Å². The van der Waals surface area contributed by atoms with Crippen molar-refractivity contribution in [1.82, 2.24) is 15.3 Å². The van der Waals surface area contributed by atoms with Crippen LogP contribution in [-0.4, -0.2) is 15.9 Å². The maximum atomic E-state index is 13.0. The lowest BCUT2D eigenvalue weighted by Crippen LogP contribution is -2.30. The molecule has 0 bridgehead atoms. The summed E-state index contributed by atoms with van der Waals surface area (Å²) in [4.78, 5) is 22.9. The van der Waals surface area contributed by atoms with Gasteiger partial charge in [0.1, 0.15) is 5.01 Å². The monoisotopic (exact) mass is 445 g/mol. The standard InChI is InChI=1S/C25H23N3OS2/c29-23(14-21-16-31-25(27-21)20-7-3-11-26-15-20)28-24(22-8-4-12-30-22)19-10-9-17-5-1-2-6-18(17)13-19/h3-4,7-13,15-16,24H,1-2,5-6,14H2,(H,28,29). The average Bonchev–Trinajstić information content (AvgIpc) is 3.50. The fourth-order valence-electron chi connectivity index (χ4n) is 4.09. The Kier molecular flexibility index (Phi) is 5.91. The molecule has 31 heavy (non-hydrogen) atoms. The van der Waals surface area contributed by atoms with Gasteiger partial charge in [-0.25, -0.2) is 4.98 Å². The number of thiophene rings is 1. The molecule has 1 N–H and O–H groups in total. The quantitative estimate of drug-likeness (QED) is 0.421. The highest BCUT2D eigenvalue weighted by Gasteiger charge is 2.21. The molecule has 1 unspecified atom stereocenters. The number of thiazole rings is 1.